The van der Waals surface area contributed by atoms with Crippen LogP contribution in [-0.4, -0.2) is 45.8 Å². The van der Waals surface area contributed by atoms with Crippen molar-refractivity contribution in [3.63, 3.8) is 0 Å². The first kappa shape index (κ1) is 21.1. The Balaban J connectivity index is 1.45. The fourth-order valence-corrected chi connectivity index (χ4v) is 4.65. The molecule has 0 spiro atoms. The highest BCUT2D eigenvalue weighted by Gasteiger charge is 2.47. The van der Waals surface area contributed by atoms with Crippen molar-refractivity contribution >= 4 is 17.7 Å². The van der Waals surface area contributed by atoms with Crippen LogP contribution in [0.4, 0.5) is 0 Å². The van der Waals surface area contributed by atoms with Gasteiger partial charge in [-0.1, -0.05) is 25.0 Å². The zero-order chi connectivity index (χ0) is 22.0. The van der Waals surface area contributed by atoms with Crippen molar-refractivity contribution in [2.45, 2.75) is 38.1 Å². The molecule has 1 aromatic heterocycles. The lowest BCUT2D eigenvalue weighted by Crippen LogP contribution is -2.37. The molecule has 8 heteroatoms. The molecule has 3 amide bonds. The van der Waals surface area contributed by atoms with Gasteiger partial charge in [-0.25, -0.2) is 4.98 Å². The number of hydrogen-bond acceptors (Lipinski definition) is 5. The number of fused-ring (bicyclic) bond motifs is 1. The van der Waals surface area contributed by atoms with Crippen molar-refractivity contribution < 1.29 is 19.1 Å². The molecule has 0 bridgehead atoms. The quantitative estimate of drug-likeness (QED) is 0.688. The maximum Gasteiger partial charge on any atom is 0.233 e. The molecule has 2 heterocycles. The van der Waals surface area contributed by atoms with Gasteiger partial charge in [-0.05, 0) is 30.5 Å². The Morgan fingerprint density at radius 2 is 1.81 bits per heavy atom. The molecule has 1 aliphatic carbocycles. The molecular formula is C23H28N4O4. The zero-order valence-electron chi connectivity index (χ0n) is 17.9. The summed E-state index contributed by atoms with van der Waals surface area (Å²) in [6.07, 6.45) is 7.09. The Hall–Kier alpha value is -3.16. The van der Waals surface area contributed by atoms with Gasteiger partial charge in [0.2, 0.25) is 17.7 Å². The van der Waals surface area contributed by atoms with Gasteiger partial charge < -0.3 is 14.6 Å². The summed E-state index contributed by atoms with van der Waals surface area (Å²) in [5, 5.41) is 3.02. The minimum absolute atomic E-state index is 0.0635. The van der Waals surface area contributed by atoms with Crippen LogP contribution in [0.2, 0.25) is 0 Å². The molecule has 4 rings (SSSR count). The summed E-state index contributed by atoms with van der Waals surface area (Å²) in [4.78, 5) is 43.8. The number of benzene rings is 1. The number of amides is 3. The average molecular weight is 425 g/mol. The number of likely N-dealkylation sites (tertiary alicyclic amines) is 1. The molecule has 3 atom stereocenters. The van der Waals surface area contributed by atoms with Crippen LogP contribution in [0.5, 0.6) is 5.75 Å². The molecule has 0 unspecified atom stereocenters. The highest BCUT2D eigenvalue weighted by atomic mass is 16.5. The normalized spacial score (nSPS) is 21.7. The van der Waals surface area contributed by atoms with E-state index in [1.807, 2.05) is 42.1 Å². The van der Waals surface area contributed by atoms with Crippen molar-refractivity contribution in [3.8, 4) is 5.75 Å². The van der Waals surface area contributed by atoms with Crippen molar-refractivity contribution in [1.82, 2.24) is 19.8 Å². The first-order valence-electron chi connectivity index (χ1n) is 10.8. The van der Waals surface area contributed by atoms with Crippen LogP contribution in [0.25, 0.3) is 0 Å². The topological polar surface area (TPSA) is 93.5 Å². The number of rotatable bonds is 7. The van der Waals surface area contributed by atoms with Crippen LogP contribution in [0.1, 0.15) is 49.5 Å². The number of imide groups is 1. The van der Waals surface area contributed by atoms with Gasteiger partial charge in [-0.3, -0.25) is 19.3 Å². The molecule has 2 fully saturated rings. The van der Waals surface area contributed by atoms with Gasteiger partial charge in [-0.2, -0.15) is 0 Å². The number of nitrogens with one attached hydrogen (secondary N) is 1. The number of ether oxygens (including phenoxy) is 1. The molecule has 1 saturated heterocycles. The van der Waals surface area contributed by atoms with Crippen molar-refractivity contribution in [2.24, 2.45) is 18.9 Å². The second-order valence-corrected chi connectivity index (χ2v) is 8.25. The van der Waals surface area contributed by atoms with Crippen LogP contribution in [-0.2, 0) is 21.4 Å². The van der Waals surface area contributed by atoms with E-state index in [1.165, 1.54) is 4.90 Å². The number of carbonyl (C=O) groups is 3. The third-order valence-electron chi connectivity index (χ3n) is 6.37. The second kappa shape index (κ2) is 8.91. The van der Waals surface area contributed by atoms with Gasteiger partial charge in [0.1, 0.15) is 17.6 Å². The first-order valence-corrected chi connectivity index (χ1v) is 10.8. The predicted molar refractivity (Wildman–Crippen MR) is 113 cm³/mol. The maximum absolute atomic E-state index is 12.8. The smallest absolute Gasteiger partial charge is 0.233 e. The lowest BCUT2D eigenvalue weighted by molar-refractivity contribution is -0.140. The van der Waals surface area contributed by atoms with Crippen molar-refractivity contribution in [3.05, 3.63) is 48.0 Å². The highest BCUT2D eigenvalue weighted by Crippen LogP contribution is 2.38. The molecule has 1 N–H and O–H groups in total. The summed E-state index contributed by atoms with van der Waals surface area (Å²) in [7, 11) is 3.47. The van der Waals surface area contributed by atoms with E-state index >= 15 is 0 Å². The van der Waals surface area contributed by atoms with E-state index in [2.05, 4.69) is 10.3 Å². The van der Waals surface area contributed by atoms with E-state index in [9.17, 15) is 14.4 Å². The number of imidazole rings is 1. The summed E-state index contributed by atoms with van der Waals surface area (Å²) in [5.74, 6) is 0.572. The van der Waals surface area contributed by atoms with E-state index in [1.54, 1.807) is 13.3 Å². The molecule has 2 aromatic rings. The summed E-state index contributed by atoms with van der Waals surface area (Å²) < 4.78 is 7.08. The van der Waals surface area contributed by atoms with Gasteiger partial charge in [0.15, 0.2) is 0 Å². The Morgan fingerprint density at radius 1 is 1.16 bits per heavy atom. The zero-order valence-corrected chi connectivity index (χ0v) is 17.9. The second-order valence-electron chi connectivity index (χ2n) is 8.25. The van der Waals surface area contributed by atoms with E-state index < -0.39 is 6.04 Å². The fourth-order valence-electron chi connectivity index (χ4n) is 4.65. The van der Waals surface area contributed by atoms with Crippen LogP contribution in [0.3, 0.4) is 0 Å². The molecule has 1 saturated carbocycles. The number of carbonyl (C=O) groups excluding carboxylic acids is 3. The minimum atomic E-state index is -0.453. The van der Waals surface area contributed by atoms with Crippen LogP contribution in [0, 0.1) is 11.8 Å². The Morgan fingerprint density at radius 3 is 2.35 bits per heavy atom. The van der Waals surface area contributed by atoms with Gasteiger partial charge in [-0.15, -0.1) is 0 Å². The number of hydrogen-bond donors (Lipinski definition) is 1. The summed E-state index contributed by atoms with van der Waals surface area (Å²) in [6, 6.07) is 6.99. The third-order valence-corrected chi connectivity index (χ3v) is 6.37. The Kier molecular flexibility index (Phi) is 6.06. The van der Waals surface area contributed by atoms with Crippen molar-refractivity contribution in [2.75, 3.05) is 13.7 Å². The molecule has 31 heavy (non-hydrogen) atoms. The van der Waals surface area contributed by atoms with Crippen LogP contribution < -0.4 is 10.1 Å². The van der Waals surface area contributed by atoms with E-state index in [-0.39, 0.29) is 42.5 Å². The SMILES string of the molecule is COc1ccc([C@@H](NC(=O)CCN2C(=O)[C@H]3CCCC[C@H]3C2=O)c2nccn2C)cc1. The van der Waals surface area contributed by atoms with E-state index in [4.69, 9.17) is 4.74 Å². The lowest BCUT2D eigenvalue weighted by Gasteiger charge is -2.20. The molecular weight excluding hydrogens is 396 g/mol. The monoisotopic (exact) mass is 424 g/mol. The van der Waals surface area contributed by atoms with E-state index in [0.717, 1.165) is 37.0 Å². The molecule has 2 aliphatic rings. The maximum atomic E-state index is 12.8. The molecule has 1 aliphatic heterocycles. The molecule has 164 valence electrons. The lowest BCUT2D eigenvalue weighted by atomic mass is 9.81. The number of methoxy groups -OCH3 is 1. The first-order chi connectivity index (χ1) is 15.0. The summed E-state index contributed by atoms with van der Waals surface area (Å²) >= 11 is 0. The highest BCUT2D eigenvalue weighted by molar-refractivity contribution is 6.05. The van der Waals surface area contributed by atoms with Gasteiger partial charge >= 0.3 is 0 Å². The summed E-state index contributed by atoms with van der Waals surface area (Å²) in [6.45, 7) is 0.117. The van der Waals surface area contributed by atoms with Crippen molar-refractivity contribution in [1.29, 1.82) is 0 Å². The van der Waals surface area contributed by atoms with Crippen LogP contribution in [0.15, 0.2) is 36.7 Å². The fraction of sp³-hybridized carbons (Fsp3) is 0.478. The Labute approximate surface area is 181 Å². The number of aryl methyl sites for hydroxylation is 1. The van der Waals surface area contributed by atoms with Crippen LogP contribution >= 0.6 is 0 Å². The molecule has 0 radical (unpaired) electrons. The van der Waals surface area contributed by atoms with Gasteiger partial charge in [0.05, 0.1) is 18.9 Å². The average Bonchev–Trinajstić information content (AvgIpc) is 3.32. The molecule has 8 nitrogen and oxygen atoms in total. The minimum Gasteiger partial charge on any atom is -0.497 e. The predicted octanol–water partition coefficient (Wildman–Crippen LogP) is 2.20. The largest absolute Gasteiger partial charge is 0.497 e. The standard InChI is InChI=1S/C23H28N4O4/c1-26-14-12-24-21(26)20(15-7-9-16(31-2)10-8-15)25-19(28)11-13-27-22(29)17-5-3-4-6-18(17)23(27)30/h7-10,12,14,17-18,20H,3-6,11,13H2,1-2H3,(H,25,28)/t17-,18+,20-/m1/s1. The number of nitrogens with zero attached hydrogens (tertiary/aromatic N) is 3. The van der Waals surface area contributed by atoms with Gasteiger partial charge in [0, 0.05) is 32.4 Å². The third kappa shape index (κ3) is 4.19. The molecule has 1 aromatic carbocycles. The summed E-state index contributed by atoms with van der Waals surface area (Å²) in [5.41, 5.74) is 0.864. The number of aromatic nitrogens is 2. The Bertz CT molecular complexity index is 944. The van der Waals surface area contributed by atoms with E-state index in [0.29, 0.717) is 5.82 Å². The van der Waals surface area contributed by atoms with Gasteiger partial charge in [0.25, 0.3) is 0 Å².